The van der Waals surface area contributed by atoms with Gasteiger partial charge in [0.15, 0.2) is 0 Å². The number of benzene rings is 10. The van der Waals surface area contributed by atoms with Gasteiger partial charge in [0.25, 0.3) is 0 Å². The standard InChI is InChI=1S/C56H34N2/c1-2-11-35(12-3-1)36-21-27-40(28-22-36)57-51-20-9-8-17-45(51)48-33-39(26-31-52(48)57)37-23-29-41(30-24-37)58-53-32-25-38-13-4-5-14-42(38)55(53)50-34-49-44-16-7-6-15-43(44)46-18-10-19-47(54(46)49)56(50)58/h1-34H. The Morgan fingerprint density at radius 2 is 0.828 bits per heavy atom. The van der Waals surface area contributed by atoms with Crippen LogP contribution in [-0.4, -0.2) is 9.13 Å². The first-order valence-electron chi connectivity index (χ1n) is 20.1. The summed E-state index contributed by atoms with van der Waals surface area (Å²) in [6.07, 6.45) is 0. The Bertz CT molecular complexity index is 3640. The lowest BCUT2D eigenvalue weighted by Crippen LogP contribution is -1.95. The van der Waals surface area contributed by atoms with Crippen molar-refractivity contribution in [2.45, 2.75) is 0 Å². The van der Waals surface area contributed by atoms with E-state index in [9.17, 15) is 0 Å². The smallest absolute Gasteiger partial charge is 0.0620 e. The lowest BCUT2D eigenvalue weighted by atomic mass is 9.97. The molecule has 0 radical (unpaired) electrons. The number of nitrogens with zero attached hydrogens (tertiary/aromatic N) is 2. The predicted octanol–water partition coefficient (Wildman–Crippen LogP) is 15.2. The third-order valence-corrected chi connectivity index (χ3v) is 12.6. The Kier molecular flexibility index (Phi) is 6.47. The minimum Gasteiger partial charge on any atom is -0.309 e. The molecule has 10 aromatic carbocycles. The summed E-state index contributed by atoms with van der Waals surface area (Å²) in [5.41, 5.74) is 17.4. The van der Waals surface area contributed by atoms with Crippen LogP contribution in [0.4, 0.5) is 0 Å². The monoisotopic (exact) mass is 734 g/mol. The van der Waals surface area contributed by atoms with E-state index in [1.165, 1.54) is 110 Å². The Morgan fingerprint density at radius 1 is 0.259 bits per heavy atom. The van der Waals surface area contributed by atoms with Gasteiger partial charge in [0.1, 0.15) is 0 Å². The summed E-state index contributed by atoms with van der Waals surface area (Å²) in [6.45, 7) is 0. The highest BCUT2D eigenvalue weighted by Crippen LogP contribution is 2.51. The fourth-order valence-electron chi connectivity index (χ4n) is 10.1. The summed E-state index contributed by atoms with van der Waals surface area (Å²) in [6, 6.07) is 76.1. The number of fused-ring (bicyclic) bond motifs is 12. The first-order valence-corrected chi connectivity index (χ1v) is 20.1. The van der Waals surface area contributed by atoms with Crippen LogP contribution in [0.15, 0.2) is 206 Å². The molecule has 2 nitrogen and oxygen atoms in total. The normalized spacial score (nSPS) is 12.1. The Balaban J connectivity index is 0.973. The number of para-hydroxylation sites is 1. The first-order chi connectivity index (χ1) is 28.8. The number of aromatic nitrogens is 2. The van der Waals surface area contributed by atoms with Crippen LogP contribution in [-0.2, 0) is 0 Å². The van der Waals surface area contributed by atoms with Crippen molar-refractivity contribution < 1.29 is 0 Å². The molecule has 0 aliphatic heterocycles. The van der Waals surface area contributed by atoms with Gasteiger partial charge in [-0.3, -0.25) is 0 Å². The highest BCUT2D eigenvalue weighted by molar-refractivity contribution is 6.31. The SMILES string of the molecule is c1ccc(-c2ccc(-n3c4ccccc4c4cc(-c5ccc(-n6c7ccc8ccccc8c7c7cc8c9c(cccc9c76)-c6ccccc6-8)cc5)ccc43)cc2)cc1. The average molecular weight is 735 g/mol. The third kappa shape index (κ3) is 4.37. The maximum absolute atomic E-state index is 2.51. The molecule has 0 spiro atoms. The molecule has 1 aliphatic carbocycles. The molecule has 0 fully saturated rings. The van der Waals surface area contributed by atoms with Gasteiger partial charge in [0.2, 0.25) is 0 Å². The lowest BCUT2D eigenvalue weighted by Gasteiger charge is -2.12. The van der Waals surface area contributed by atoms with Crippen molar-refractivity contribution in [3.63, 3.8) is 0 Å². The predicted molar refractivity (Wildman–Crippen MR) is 245 cm³/mol. The van der Waals surface area contributed by atoms with Gasteiger partial charge in [-0.15, -0.1) is 0 Å². The minimum atomic E-state index is 1.16. The third-order valence-electron chi connectivity index (χ3n) is 12.6. The van der Waals surface area contributed by atoms with Gasteiger partial charge in [0.05, 0.1) is 22.1 Å². The van der Waals surface area contributed by atoms with Crippen LogP contribution in [0.3, 0.4) is 0 Å². The fraction of sp³-hybridized carbons (Fsp3) is 0. The molecule has 58 heavy (non-hydrogen) atoms. The minimum absolute atomic E-state index is 1.16. The second kappa shape index (κ2) is 11.9. The van der Waals surface area contributed by atoms with Crippen LogP contribution in [0, 0.1) is 0 Å². The molecule has 0 bridgehead atoms. The maximum atomic E-state index is 2.51. The summed E-state index contributed by atoms with van der Waals surface area (Å²) >= 11 is 0. The van der Waals surface area contributed by atoms with E-state index in [0.717, 1.165) is 11.4 Å². The quantitative estimate of drug-likeness (QED) is 0.170. The fourth-order valence-corrected chi connectivity index (χ4v) is 10.1. The van der Waals surface area contributed by atoms with Crippen LogP contribution < -0.4 is 0 Å². The molecule has 1 aliphatic rings. The van der Waals surface area contributed by atoms with Crippen LogP contribution in [0.25, 0.3) is 121 Å². The second-order valence-corrected chi connectivity index (χ2v) is 15.7. The topological polar surface area (TPSA) is 9.86 Å². The zero-order valence-electron chi connectivity index (χ0n) is 31.5. The molecule has 13 rings (SSSR count). The number of rotatable bonds is 4. The van der Waals surface area contributed by atoms with E-state index >= 15 is 0 Å². The highest BCUT2D eigenvalue weighted by atomic mass is 15.0. The molecule has 0 saturated carbocycles. The van der Waals surface area contributed by atoms with Crippen molar-refractivity contribution in [3.8, 4) is 55.9 Å². The van der Waals surface area contributed by atoms with Crippen LogP contribution in [0.2, 0.25) is 0 Å². The molecule has 0 saturated heterocycles. The molecular formula is C56H34N2. The Hall–Kier alpha value is -7.68. The summed E-state index contributed by atoms with van der Waals surface area (Å²) in [5.74, 6) is 0. The van der Waals surface area contributed by atoms with E-state index in [4.69, 9.17) is 0 Å². The van der Waals surface area contributed by atoms with Gasteiger partial charge in [-0.05, 0) is 115 Å². The van der Waals surface area contributed by atoms with Crippen molar-refractivity contribution in [1.82, 2.24) is 9.13 Å². The van der Waals surface area contributed by atoms with Gasteiger partial charge in [-0.25, -0.2) is 0 Å². The van der Waals surface area contributed by atoms with Crippen LogP contribution >= 0.6 is 0 Å². The molecule has 2 heterocycles. The van der Waals surface area contributed by atoms with E-state index in [-0.39, 0.29) is 0 Å². The zero-order valence-corrected chi connectivity index (χ0v) is 31.5. The van der Waals surface area contributed by atoms with Gasteiger partial charge in [-0.1, -0.05) is 152 Å². The molecule has 0 amide bonds. The van der Waals surface area contributed by atoms with E-state index in [0.29, 0.717) is 0 Å². The average Bonchev–Trinajstić information content (AvgIpc) is 3.93. The number of hydrogen-bond acceptors (Lipinski definition) is 0. The van der Waals surface area contributed by atoms with E-state index in [2.05, 4.69) is 215 Å². The van der Waals surface area contributed by atoms with Crippen molar-refractivity contribution in [2.24, 2.45) is 0 Å². The zero-order chi connectivity index (χ0) is 37.9. The van der Waals surface area contributed by atoms with Crippen LogP contribution in [0.5, 0.6) is 0 Å². The summed E-state index contributed by atoms with van der Waals surface area (Å²) in [4.78, 5) is 0. The first kappa shape index (κ1) is 31.5. The molecule has 2 aromatic heterocycles. The van der Waals surface area contributed by atoms with Gasteiger partial charge >= 0.3 is 0 Å². The summed E-state index contributed by atoms with van der Waals surface area (Å²) in [7, 11) is 0. The van der Waals surface area contributed by atoms with Crippen molar-refractivity contribution in [2.75, 3.05) is 0 Å². The van der Waals surface area contributed by atoms with E-state index in [1.807, 2.05) is 0 Å². The van der Waals surface area contributed by atoms with Crippen LogP contribution in [0.1, 0.15) is 0 Å². The van der Waals surface area contributed by atoms with Gasteiger partial charge in [-0.2, -0.15) is 0 Å². The molecule has 0 N–H and O–H groups in total. The number of hydrogen-bond donors (Lipinski definition) is 0. The Labute approximate surface area is 335 Å². The summed E-state index contributed by atoms with van der Waals surface area (Å²) in [5, 5.41) is 10.3. The molecule has 2 heteroatoms. The molecular weight excluding hydrogens is 701 g/mol. The lowest BCUT2D eigenvalue weighted by molar-refractivity contribution is 1.18. The molecule has 268 valence electrons. The maximum Gasteiger partial charge on any atom is 0.0620 e. The molecule has 12 aromatic rings. The Morgan fingerprint density at radius 3 is 1.64 bits per heavy atom. The largest absolute Gasteiger partial charge is 0.309 e. The van der Waals surface area contributed by atoms with Crippen molar-refractivity contribution >= 4 is 65.2 Å². The van der Waals surface area contributed by atoms with E-state index in [1.54, 1.807) is 0 Å². The van der Waals surface area contributed by atoms with Gasteiger partial charge < -0.3 is 9.13 Å². The van der Waals surface area contributed by atoms with Gasteiger partial charge in [0, 0.05) is 38.3 Å². The van der Waals surface area contributed by atoms with E-state index < -0.39 is 0 Å². The summed E-state index contributed by atoms with van der Waals surface area (Å²) < 4.78 is 4.90. The molecule has 0 atom stereocenters. The molecule has 0 unspecified atom stereocenters. The second-order valence-electron chi connectivity index (χ2n) is 15.7. The highest BCUT2D eigenvalue weighted by Gasteiger charge is 2.26. The van der Waals surface area contributed by atoms with Crippen molar-refractivity contribution in [3.05, 3.63) is 206 Å². The van der Waals surface area contributed by atoms with Crippen molar-refractivity contribution in [1.29, 1.82) is 0 Å².